The molecule has 1 amide bonds. The first kappa shape index (κ1) is 40.7. The normalized spacial score (nSPS) is 15.8. The van der Waals surface area contributed by atoms with E-state index in [9.17, 15) is 4.79 Å². The van der Waals surface area contributed by atoms with Crippen molar-refractivity contribution in [2.75, 3.05) is 38.7 Å². The number of nitrogens with one attached hydrogen (secondary N) is 1. The number of carbonyl (C=O) groups is 1. The lowest BCUT2D eigenvalue weighted by molar-refractivity contribution is -0.115. The third-order valence-corrected chi connectivity index (χ3v) is 10.5. The van der Waals surface area contributed by atoms with Crippen LogP contribution in [0.1, 0.15) is 64.5 Å². The minimum absolute atomic E-state index is 0.194. The van der Waals surface area contributed by atoms with Crippen LogP contribution in [0.15, 0.2) is 22.7 Å². The van der Waals surface area contributed by atoms with Crippen LogP contribution in [0.2, 0.25) is 18.1 Å². The number of rotatable bonds is 15. The number of aromatic nitrogens is 3. The van der Waals surface area contributed by atoms with Gasteiger partial charge in [-0.25, -0.2) is 14.8 Å². The van der Waals surface area contributed by atoms with Crippen molar-refractivity contribution < 1.29 is 32.4 Å². The fourth-order valence-electron chi connectivity index (χ4n) is 6.08. The highest BCUT2D eigenvalue weighted by Gasteiger charge is 2.40. The Morgan fingerprint density at radius 1 is 1.06 bits per heavy atom. The Morgan fingerprint density at radius 2 is 1.73 bits per heavy atom. The molecule has 1 atom stereocenters. The fourth-order valence-corrected chi connectivity index (χ4v) is 8.15. The van der Waals surface area contributed by atoms with Gasteiger partial charge in [0.05, 0.1) is 23.6 Å². The highest BCUT2D eigenvalue weighted by Crippen LogP contribution is 2.37. The number of carbonyl (C=O) groups excluding carboxylic acids is 1. The lowest BCUT2D eigenvalue weighted by Gasteiger charge is -2.42. The molecule has 3 heterocycles. The maximum absolute atomic E-state index is 13.1. The summed E-state index contributed by atoms with van der Waals surface area (Å²) in [5.74, 6) is 2.26. The summed E-state index contributed by atoms with van der Waals surface area (Å²) < 4.78 is 35.8. The van der Waals surface area contributed by atoms with Crippen LogP contribution in [-0.4, -0.2) is 97.0 Å². The molecule has 0 aliphatic carbocycles. The summed E-state index contributed by atoms with van der Waals surface area (Å²) in [6.07, 6.45) is 0.948. The van der Waals surface area contributed by atoms with Crippen molar-refractivity contribution in [3.05, 3.63) is 40.2 Å². The van der Waals surface area contributed by atoms with E-state index in [4.69, 9.17) is 49.2 Å². The summed E-state index contributed by atoms with van der Waals surface area (Å²) in [6, 6.07) is 5.73. The second-order valence-electron chi connectivity index (χ2n) is 14.7. The van der Waals surface area contributed by atoms with Gasteiger partial charge in [0.15, 0.2) is 25.4 Å². The van der Waals surface area contributed by atoms with Gasteiger partial charge < -0.3 is 37.8 Å². The van der Waals surface area contributed by atoms with Gasteiger partial charge in [0.25, 0.3) is 0 Å². The molecule has 3 aromatic rings. The first-order valence-electron chi connectivity index (χ1n) is 17.8. The molecule has 0 bridgehead atoms. The van der Waals surface area contributed by atoms with E-state index in [1.54, 1.807) is 18.0 Å². The number of ether oxygens (including phenoxy) is 3. The van der Waals surface area contributed by atoms with Crippen molar-refractivity contribution in [1.29, 1.82) is 0 Å². The van der Waals surface area contributed by atoms with Crippen LogP contribution < -0.4 is 10.1 Å². The van der Waals surface area contributed by atoms with Crippen LogP contribution in [0.3, 0.4) is 0 Å². The average Bonchev–Trinajstić information content (AvgIpc) is 3.40. The standard InChI is InChI=1S/C36H56ClN5O7Si2/c1-21-30(29-22(2)41-47-23(29)3)39-32(40-31(21)38-27-12-14-44-15-13-27)24-16-26(37)18-28(17-24)45-20-25(19-42(9)34(43)46-35(4,5)6)36(7,8)33(48-50-10)49-51-11/h16-18,25,27,33H,12-15,19-20,50-51H2,1-11H3,(H,38,39,40). The van der Waals surface area contributed by atoms with Gasteiger partial charge in [0.1, 0.15) is 29.2 Å². The monoisotopic (exact) mass is 761 g/mol. The van der Waals surface area contributed by atoms with E-state index in [0.29, 0.717) is 47.7 Å². The van der Waals surface area contributed by atoms with Gasteiger partial charge in [-0.05, 0) is 72.6 Å². The number of hydrogen-bond donors (Lipinski definition) is 1. The number of hydrogen-bond acceptors (Lipinski definition) is 11. The molecule has 51 heavy (non-hydrogen) atoms. The van der Waals surface area contributed by atoms with E-state index < -0.39 is 42.9 Å². The van der Waals surface area contributed by atoms with Crippen LogP contribution >= 0.6 is 11.6 Å². The number of benzene rings is 1. The molecule has 1 unspecified atom stereocenters. The number of aryl methyl sites for hydroxylation is 2. The van der Waals surface area contributed by atoms with Crippen LogP contribution in [0, 0.1) is 32.1 Å². The minimum atomic E-state index is -0.778. The summed E-state index contributed by atoms with van der Waals surface area (Å²) in [5.41, 5.74) is 2.81. The Balaban J connectivity index is 1.70. The van der Waals surface area contributed by atoms with Gasteiger partial charge >= 0.3 is 6.09 Å². The van der Waals surface area contributed by atoms with Gasteiger partial charge in [0.2, 0.25) is 0 Å². The molecule has 12 nitrogen and oxygen atoms in total. The van der Waals surface area contributed by atoms with Crippen molar-refractivity contribution in [3.63, 3.8) is 0 Å². The zero-order valence-electron chi connectivity index (χ0n) is 32.1. The molecule has 2 aromatic heterocycles. The lowest BCUT2D eigenvalue weighted by Crippen LogP contribution is -2.49. The van der Waals surface area contributed by atoms with E-state index >= 15 is 0 Å². The van der Waals surface area contributed by atoms with E-state index in [1.165, 1.54) is 0 Å². The Morgan fingerprint density at radius 3 is 2.31 bits per heavy atom. The number of amides is 1. The maximum atomic E-state index is 13.1. The molecule has 1 saturated heterocycles. The van der Waals surface area contributed by atoms with Gasteiger partial charge in [-0.3, -0.25) is 0 Å². The summed E-state index contributed by atoms with van der Waals surface area (Å²) in [4.78, 5) is 24.7. The van der Waals surface area contributed by atoms with Gasteiger partial charge in [-0.1, -0.05) is 43.7 Å². The molecule has 1 N–H and O–H groups in total. The second kappa shape index (κ2) is 17.7. The molecule has 15 heteroatoms. The van der Waals surface area contributed by atoms with E-state index in [1.807, 2.05) is 53.7 Å². The van der Waals surface area contributed by atoms with Crippen molar-refractivity contribution in [1.82, 2.24) is 20.0 Å². The fraction of sp³-hybridized carbons (Fsp3) is 0.611. The van der Waals surface area contributed by atoms with Crippen LogP contribution in [-0.2, 0) is 18.3 Å². The molecule has 282 valence electrons. The molecular formula is C36H56ClN5O7Si2. The molecule has 4 rings (SSSR count). The number of halogens is 1. The Labute approximate surface area is 312 Å². The molecular weight excluding hydrogens is 706 g/mol. The minimum Gasteiger partial charge on any atom is -0.493 e. The smallest absolute Gasteiger partial charge is 0.410 e. The summed E-state index contributed by atoms with van der Waals surface area (Å²) in [7, 11) is 0.186. The predicted molar refractivity (Wildman–Crippen MR) is 206 cm³/mol. The van der Waals surface area contributed by atoms with Crippen molar-refractivity contribution in [2.24, 2.45) is 11.3 Å². The number of nitrogens with zero attached hydrogens (tertiary/aromatic N) is 4. The molecule has 1 aliphatic heterocycles. The van der Waals surface area contributed by atoms with Crippen molar-refractivity contribution in [3.8, 4) is 28.4 Å². The Bertz CT molecular complexity index is 1600. The third kappa shape index (κ3) is 10.8. The van der Waals surface area contributed by atoms with Gasteiger partial charge in [0, 0.05) is 60.3 Å². The van der Waals surface area contributed by atoms with Crippen LogP contribution in [0.5, 0.6) is 5.75 Å². The molecule has 0 spiro atoms. The SMILES string of the molecule is C[SiH2]OC(O[SiH2]C)C(C)(C)C(COc1cc(Cl)cc(-c2nc(NC3CCOCC3)c(C)c(-c3c(C)noc3C)n2)c1)CN(C)C(=O)OC(C)(C)C. The average molecular weight is 762 g/mol. The van der Waals surface area contributed by atoms with Crippen LogP contribution in [0.4, 0.5) is 10.6 Å². The zero-order chi connectivity index (χ0) is 37.5. The van der Waals surface area contributed by atoms with Crippen LogP contribution in [0.25, 0.3) is 22.6 Å². The highest BCUT2D eigenvalue weighted by atomic mass is 35.5. The largest absolute Gasteiger partial charge is 0.493 e. The van der Waals surface area contributed by atoms with E-state index in [0.717, 1.165) is 41.2 Å². The van der Waals surface area contributed by atoms with Crippen molar-refractivity contribution in [2.45, 2.75) is 99.3 Å². The summed E-state index contributed by atoms with van der Waals surface area (Å²) >= 11 is 6.75. The molecule has 0 radical (unpaired) electrons. The second-order valence-corrected chi connectivity index (χ2v) is 17.0. The first-order valence-corrected chi connectivity index (χ1v) is 22.2. The van der Waals surface area contributed by atoms with E-state index in [2.05, 4.69) is 37.4 Å². The molecule has 0 saturated carbocycles. The maximum Gasteiger partial charge on any atom is 0.410 e. The highest BCUT2D eigenvalue weighted by molar-refractivity contribution is 6.31. The molecule has 1 aliphatic rings. The van der Waals surface area contributed by atoms with Crippen molar-refractivity contribution >= 4 is 43.0 Å². The lowest BCUT2D eigenvalue weighted by atomic mass is 9.78. The third-order valence-electron chi connectivity index (χ3n) is 9.05. The summed E-state index contributed by atoms with van der Waals surface area (Å²) in [6.45, 7) is 21.8. The Kier molecular flexibility index (Phi) is 14.1. The van der Waals surface area contributed by atoms with E-state index in [-0.39, 0.29) is 18.6 Å². The van der Waals surface area contributed by atoms with Gasteiger partial charge in [-0.15, -0.1) is 0 Å². The Hall–Kier alpha value is -3.02. The quantitative estimate of drug-likeness (QED) is 0.135. The molecule has 1 fully saturated rings. The van der Waals surface area contributed by atoms with Gasteiger partial charge in [-0.2, -0.15) is 0 Å². The number of anilines is 1. The topological polar surface area (TPSA) is 130 Å². The summed E-state index contributed by atoms with van der Waals surface area (Å²) in [5, 5.41) is 8.32. The zero-order valence-corrected chi connectivity index (χ0v) is 35.7. The predicted octanol–water partition coefficient (Wildman–Crippen LogP) is 6.48. The molecule has 1 aromatic carbocycles. The first-order chi connectivity index (χ1) is 24.0.